The van der Waals surface area contributed by atoms with Crippen molar-refractivity contribution in [1.29, 1.82) is 0 Å². The number of amides is 1. The van der Waals surface area contributed by atoms with Crippen LogP contribution in [0.5, 0.6) is 0 Å². The molecule has 2 aliphatic rings. The molecule has 0 N–H and O–H groups in total. The zero-order chi connectivity index (χ0) is 21.2. The van der Waals surface area contributed by atoms with Crippen LogP contribution >= 0.6 is 0 Å². The second kappa shape index (κ2) is 8.62. The van der Waals surface area contributed by atoms with Crippen LogP contribution in [0, 0.1) is 6.92 Å². The minimum Gasteiger partial charge on any atom is -0.444 e. The number of benzene rings is 1. The first kappa shape index (κ1) is 22.1. The highest BCUT2D eigenvalue weighted by Gasteiger charge is 2.37. The van der Waals surface area contributed by atoms with Crippen LogP contribution in [0.15, 0.2) is 29.2 Å². The number of carbonyl (C=O) groups excluding carboxylic acids is 1. The maximum atomic E-state index is 12.3. The largest absolute Gasteiger partial charge is 0.444 e. The predicted molar refractivity (Wildman–Crippen MR) is 108 cm³/mol. The third kappa shape index (κ3) is 6.17. The van der Waals surface area contributed by atoms with Gasteiger partial charge >= 0.3 is 6.09 Å². The standard InChI is InChI=1S/C21H31NO6S/c1-15-5-7-19(8-6-15)29(24,25)28-18-13-17(14-18)26-16-9-11-22(12-10-16)20(23)27-21(2,3)4/h5-8,16-18H,9-14H2,1-4H3. The Bertz CT molecular complexity index is 801. The van der Waals surface area contributed by atoms with Gasteiger partial charge in [-0.25, -0.2) is 4.79 Å². The SMILES string of the molecule is Cc1ccc(S(=O)(=O)OC2CC(OC3CCN(C(=O)OC(C)(C)C)CC3)C2)cc1. The van der Waals surface area contributed by atoms with Crippen molar-refractivity contribution in [2.75, 3.05) is 13.1 Å². The summed E-state index contributed by atoms with van der Waals surface area (Å²) in [6, 6.07) is 6.64. The van der Waals surface area contributed by atoms with Crippen LogP contribution in [0.25, 0.3) is 0 Å². The minimum atomic E-state index is -3.74. The van der Waals surface area contributed by atoms with E-state index in [1.807, 2.05) is 27.7 Å². The van der Waals surface area contributed by atoms with Gasteiger partial charge in [-0.15, -0.1) is 0 Å². The lowest BCUT2D eigenvalue weighted by molar-refractivity contribution is -0.108. The molecule has 0 radical (unpaired) electrons. The predicted octanol–water partition coefficient (Wildman–Crippen LogP) is 3.65. The summed E-state index contributed by atoms with van der Waals surface area (Å²) in [5.41, 5.74) is 0.503. The number of rotatable bonds is 5. The van der Waals surface area contributed by atoms with Crippen molar-refractivity contribution in [3.8, 4) is 0 Å². The van der Waals surface area contributed by atoms with E-state index in [-0.39, 0.29) is 29.3 Å². The van der Waals surface area contributed by atoms with Crippen LogP contribution in [-0.4, -0.2) is 56.4 Å². The van der Waals surface area contributed by atoms with Gasteiger partial charge < -0.3 is 14.4 Å². The van der Waals surface area contributed by atoms with Gasteiger partial charge in [-0.1, -0.05) is 17.7 Å². The van der Waals surface area contributed by atoms with Gasteiger partial charge in [-0.05, 0) is 52.7 Å². The molecule has 2 fully saturated rings. The van der Waals surface area contributed by atoms with Gasteiger partial charge in [0.05, 0.1) is 23.2 Å². The first-order valence-corrected chi connectivity index (χ1v) is 11.6. The van der Waals surface area contributed by atoms with Crippen molar-refractivity contribution in [2.24, 2.45) is 0 Å². The van der Waals surface area contributed by atoms with Gasteiger partial charge in [0.15, 0.2) is 0 Å². The van der Waals surface area contributed by atoms with E-state index in [0.29, 0.717) is 25.9 Å². The van der Waals surface area contributed by atoms with Crippen molar-refractivity contribution in [1.82, 2.24) is 4.90 Å². The maximum Gasteiger partial charge on any atom is 0.410 e. The highest BCUT2D eigenvalue weighted by Crippen LogP contribution is 2.32. The number of piperidine rings is 1. The smallest absolute Gasteiger partial charge is 0.410 e. The molecule has 162 valence electrons. The average molecular weight is 426 g/mol. The number of aryl methyl sites for hydroxylation is 1. The lowest BCUT2D eigenvalue weighted by Gasteiger charge is -2.39. The fourth-order valence-electron chi connectivity index (χ4n) is 3.42. The van der Waals surface area contributed by atoms with E-state index in [0.717, 1.165) is 18.4 Å². The van der Waals surface area contributed by atoms with Crippen LogP contribution in [0.1, 0.15) is 52.0 Å². The monoisotopic (exact) mass is 425 g/mol. The molecule has 0 atom stereocenters. The Kier molecular flexibility index (Phi) is 6.55. The summed E-state index contributed by atoms with van der Waals surface area (Å²) in [6.45, 7) is 8.68. The zero-order valence-corrected chi connectivity index (χ0v) is 18.4. The molecule has 1 aromatic rings. The molecule has 1 aromatic carbocycles. The number of nitrogens with zero attached hydrogens (tertiary/aromatic N) is 1. The van der Waals surface area contributed by atoms with Crippen molar-refractivity contribution in [3.63, 3.8) is 0 Å². The minimum absolute atomic E-state index is 0.00583. The van der Waals surface area contributed by atoms with E-state index in [1.54, 1.807) is 29.2 Å². The molecule has 1 aliphatic carbocycles. The van der Waals surface area contributed by atoms with Crippen molar-refractivity contribution >= 4 is 16.2 Å². The highest BCUT2D eigenvalue weighted by molar-refractivity contribution is 7.86. The van der Waals surface area contributed by atoms with Gasteiger partial charge in [0.1, 0.15) is 5.60 Å². The molecule has 29 heavy (non-hydrogen) atoms. The zero-order valence-electron chi connectivity index (χ0n) is 17.6. The van der Waals surface area contributed by atoms with E-state index in [9.17, 15) is 13.2 Å². The lowest BCUT2D eigenvalue weighted by atomic mass is 9.91. The number of hydrogen-bond donors (Lipinski definition) is 0. The summed E-state index contributed by atoms with van der Waals surface area (Å²) in [4.78, 5) is 14.0. The molecule has 8 heteroatoms. The summed E-state index contributed by atoms with van der Waals surface area (Å²) in [5.74, 6) is 0. The Morgan fingerprint density at radius 1 is 1.00 bits per heavy atom. The van der Waals surface area contributed by atoms with Crippen LogP contribution < -0.4 is 0 Å². The fourth-order valence-corrected chi connectivity index (χ4v) is 4.52. The summed E-state index contributed by atoms with van der Waals surface area (Å²) in [7, 11) is -3.74. The third-order valence-electron chi connectivity index (χ3n) is 5.10. The summed E-state index contributed by atoms with van der Waals surface area (Å²) in [6.07, 6.45) is 2.10. The Hall–Kier alpha value is -1.64. The number of ether oxygens (including phenoxy) is 2. The van der Waals surface area contributed by atoms with Crippen LogP contribution in [-0.2, 0) is 23.8 Å². The second-order valence-corrected chi connectivity index (χ2v) is 10.5. The van der Waals surface area contributed by atoms with Crippen molar-refractivity contribution in [2.45, 2.75) is 82.2 Å². The molecule has 1 heterocycles. The van der Waals surface area contributed by atoms with E-state index < -0.39 is 15.7 Å². The van der Waals surface area contributed by atoms with Gasteiger partial charge in [0.2, 0.25) is 0 Å². The molecule has 0 unspecified atom stereocenters. The summed E-state index contributed by atoms with van der Waals surface area (Å²) >= 11 is 0. The molecule has 1 saturated heterocycles. The van der Waals surface area contributed by atoms with Crippen molar-refractivity contribution in [3.05, 3.63) is 29.8 Å². The van der Waals surface area contributed by atoms with Gasteiger partial charge in [-0.3, -0.25) is 4.18 Å². The number of likely N-dealkylation sites (tertiary alicyclic amines) is 1. The van der Waals surface area contributed by atoms with E-state index in [1.165, 1.54) is 0 Å². The van der Waals surface area contributed by atoms with Crippen molar-refractivity contribution < 1.29 is 26.9 Å². The van der Waals surface area contributed by atoms with Gasteiger partial charge in [0.25, 0.3) is 10.1 Å². The van der Waals surface area contributed by atoms with Gasteiger partial charge in [0, 0.05) is 25.9 Å². The van der Waals surface area contributed by atoms with Crippen LogP contribution in [0.4, 0.5) is 4.79 Å². The lowest BCUT2D eigenvalue weighted by Crippen LogP contribution is -2.46. The molecule has 3 rings (SSSR count). The molecule has 0 bridgehead atoms. The normalized spacial score (nSPS) is 23.5. The Morgan fingerprint density at radius 3 is 2.14 bits per heavy atom. The maximum absolute atomic E-state index is 12.3. The molecule has 0 aromatic heterocycles. The first-order chi connectivity index (χ1) is 13.5. The second-order valence-electron chi connectivity index (χ2n) is 8.88. The Balaban J connectivity index is 1.38. The first-order valence-electron chi connectivity index (χ1n) is 10.2. The molecule has 1 amide bonds. The average Bonchev–Trinajstić information content (AvgIpc) is 2.59. The quantitative estimate of drug-likeness (QED) is 0.670. The van der Waals surface area contributed by atoms with Gasteiger partial charge in [-0.2, -0.15) is 8.42 Å². The third-order valence-corrected chi connectivity index (χ3v) is 6.48. The fraction of sp³-hybridized carbons (Fsp3) is 0.667. The highest BCUT2D eigenvalue weighted by atomic mass is 32.2. The van der Waals surface area contributed by atoms with E-state index in [4.69, 9.17) is 13.7 Å². The molecular weight excluding hydrogens is 394 g/mol. The van der Waals surface area contributed by atoms with E-state index in [2.05, 4.69) is 0 Å². The van der Waals surface area contributed by atoms with Crippen LogP contribution in [0.2, 0.25) is 0 Å². The van der Waals surface area contributed by atoms with E-state index >= 15 is 0 Å². The molecule has 1 aliphatic heterocycles. The summed E-state index contributed by atoms with van der Waals surface area (Å²) < 4.78 is 41.5. The van der Waals surface area contributed by atoms with Crippen LogP contribution in [0.3, 0.4) is 0 Å². The topological polar surface area (TPSA) is 82.1 Å². The Morgan fingerprint density at radius 2 is 1.59 bits per heavy atom. The number of hydrogen-bond acceptors (Lipinski definition) is 6. The summed E-state index contributed by atoms with van der Waals surface area (Å²) in [5, 5.41) is 0. The molecular formula is C21H31NO6S. The number of carbonyl (C=O) groups is 1. The molecule has 0 spiro atoms. The molecule has 7 nitrogen and oxygen atoms in total. The molecule has 1 saturated carbocycles. The Labute approximate surface area is 173 Å².